The summed E-state index contributed by atoms with van der Waals surface area (Å²) in [6.45, 7) is 2.31. The van der Waals surface area contributed by atoms with Crippen LogP contribution in [0.1, 0.15) is 12.5 Å². The molecule has 0 spiro atoms. The molecule has 0 amide bonds. The van der Waals surface area contributed by atoms with Gasteiger partial charge in [-0.05, 0) is 30.7 Å². The van der Waals surface area contributed by atoms with Crippen molar-refractivity contribution >= 4 is 5.96 Å². The number of halogens is 3. The third kappa shape index (κ3) is 6.71. The lowest BCUT2D eigenvalue weighted by Crippen LogP contribution is -2.45. The lowest BCUT2D eigenvalue weighted by atomic mass is 10.2. The fourth-order valence-electron chi connectivity index (χ4n) is 2.67. The van der Waals surface area contributed by atoms with E-state index in [0.29, 0.717) is 37.0 Å². The first-order chi connectivity index (χ1) is 14.4. The van der Waals surface area contributed by atoms with E-state index in [-0.39, 0.29) is 18.5 Å². The molecule has 0 bridgehead atoms. The molecule has 1 aromatic carbocycles. The number of para-hydroxylation sites is 2. The van der Waals surface area contributed by atoms with Gasteiger partial charge in [-0.2, -0.15) is 13.2 Å². The van der Waals surface area contributed by atoms with E-state index in [2.05, 4.69) is 25.3 Å². The Bertz CT molecular complexity index is 861. The Labute approximate surface area is 172 Å². The van der Waals surface area contributed by atoms with Crippen molar-refractivity contribution in [3.05, 3.63) is 48.2 Å². The number of rotatable bonds is 7. The molecule has 2 N–H and O–H groups in total. The highest BCUT2D eigenvalue weighted by Crippen LogP contribution is 2.30. The molecule has 1 atom stereocenters. The van der Waals surface area contributed by atoms with E-state index in [9.17, 15) is 13.2 Å². The standard InChI is InChI=1S/C20H23F3N4O3/c1-2-24-19(27-11-15-12-28-16-5-3-4-6-17(16)30-15)26-10-14-7-8-25-18(9-14)29-13-20(21,22)23/h3-9,15H,2,10-13H2,1H3,(H2,24,26,27). The molecule has 1 unspecified atom stereocenters. The van der Waals surface area contributed by atoms with Gasteiger partial charge in [0.25, 0.3) is 0 Å². The van der Waals surface area contributed by atoms with Crippen LogP contribution in [0.3, 0.4) is 0 Å². The molecule has 1 aliphatic rings. The van der Waals surface area contributed by atoms with Crippen LogP contribution in [0.5, 0.6) is 17.4 Å². The highest BCUT2D eigenvalue weighted by Gasteiger charge is 2.28. The summed E-state index contributed by atoms with van der Waals surface area (Å²) in [6, 6.07) is 10.6. The summed E-state index contributed by atoms with van der Waals surface area (Å²) in [6.07, 6.45) is -3.21. The van der Waals surface area contributed by atoms with Gasteiger partial charge in [0, 0.05) is 18.8 Å². The number of aromatic nitrogens is 1. The number of guanidine groups is 1. The first-order valence-electron chi connectivity index (χ1n) is 9.48. The number of hydrogen-bond acceptors (Lipinski definition) is 5. The molecular formula is C20H23F3N4O3. The second-order valence-electron chi connectivity index (χ2n) is 6.48. The van der Waals surface area contributed by atoms with Crippen molar-refractivity contribution in [1.29, 1.82) is 0 Å². The zero-order valence-electron chi connectivity index (χ0n) is 16.4. The van der Waals surface area contributed by atoms with Crippen molar-refractivity contribution in [3.63, 3.8) is 0 Å². The Morgan fingerprint density at radius 1 is 1.23 bits per heavy atom. The average Bonchev–Trinajstić information content (AvgIpc) is 2.74. The molecule has 30 heavy (non-hydrogen) atoms. The van der Waals surface area contributed by atoms with E-state index < -0.39 is 12.8 Å². The molecule has 2 aromatic rings. The predicted octanol–water partition coefficient (Wildman–Crippen LogP) is 2.92. The van der Waals surface area contributed by atoms with Crippen LogP contribution in [0.25, 0.3) is 0 Å². The van der Waals surface area contributed by atoms with Crippen LogP contribution >= 0.6 is 0 Å². The molecule has 2 heterocycles. The SMILES string of the molecule is CCNC(=NCc1ccnc(OCC(F)(F)F)c1)NCC1COc2ccccc2O1. The lowest BCUT2D eigenvalue weighted by molar-refractivity contribution is -0.154. The van der Waals surface area contributed by atoms with Gasteiger partial charge in [0.1, 0.15) is 12.7 Å². The fraction of sp³-hybridized carbons (Fsp3) is 0.400. The Morgan fingerprint density at radius 3 is 2.80 bits per heavy atom. The molecule has 10 heteroatoms. The minimum Gasteiger partial charge on any atom is -0.486 e. The third-order valence-electron chi connectivity index (χ3n) is 4.01. The zero-order chi connectivity index (χ0) is 21.4. The maximum atomic E-state index is 12.3. The van der Waals surface area contributed by atoms with Gasteiger partial charge in [-0.3, -0.25) is 0 Å². The molecule has 1 aromatic heterocycles. The normalized spacial score (nSPS) is 16.1. The van der Waals surface area contributed by atoms with E-state index in [1.54, 1.807) is 6.07 Å². The van der Waals surface area contributed by atoms with Crippen molar-refractivity contribution < 1.29 is 27.4 Å². The van der Waals surface area contributed by atoms with Gasteiger partial charge >= 0.3 is 6.18 Å². The number of fused-ring (bicyclic) bond motifs is 1. The zero-order valence-corrected chi connectivity index (χ0v) is 16.4. The molecule has 0 radical (unpaired) electrons. The molecule has 0 aliphatic carbocycles. The van der Waals surface area contributed by atoms with Crippen molar-refractivity contribution in [3.8, 4) is 17.4 Å². The second-order valence-corrected chi connectivity index (χ2v) is 6.48. The number of alkyl halides is 3. The summed E-state index contributed by atoms with van der Waals surface area (Å²) < 4.78 is 53.1. The Balaban J connectivity index is 1.55. The molecule has 3 rings (SSSR count). The molecule has 7 nitrogen and oxygen atoms in total. The summed E-state index contributed by atoms with van der Waals surface area (Å²) >= 11 is 0. The van der Waals surface area contributed by atoms with Crippen molar-refractivity contribution in [2.45, 2.75) is 25.7 Å². The third-order valence-corrected chi connectivity index (χ3v) is 4.01. The van der Waals surface area contributed by atoms with Crippen LogP contribution in [-0.2, 0) is 6.54 Å². The number of ether oxygens (including phenoxy) is 3. The summed E-state index contributed by atoms with van der Waals surface area (Å²) in [5, 5.41) is 6.31. The summed E-state index contributed by atoms with van der Waals surface area (Å²) in [5.74, 6) is 1.87. The van der Waals surface area contributed by atoms with Gasteiger partial charge in [0.2, 0.25) is 5.88 Å². The Morgan fingerprint density at radius 2 is 2.03 bits per heavy atom. The monoisotopic (exact) mass is 424 g/mol. The highest BCUT2D eigenvalue weighted by atomic mass is 19.4. The topological polar surface area (TPSA) is 77.0 Å². The minimum atomic E-state index is -4.41. The van der Waals surface area contributed by atoms with Gasteiger partial charge in [-0.1, -0.05) is 12.1 Å². The van der Waals surface area contributed by atoms with Crippen molar-refractivity contribution in [2.24, 2.45) is 4.99 Å². The van der Waals surface area contributed by atoms with Gasteiger partial charge in [-0.25, -0.2) is 9.98 Å². The van der Waals surface area contributed by atoms with Gasteiger partial charge < -0.3 is 24.8 Å². The second kappa shape index (κ2) is 10.0. The molecule has 0 saturated heterocycles. The van der Waals surface area contributed by atoms with E-state index >= 15 is 0 Å². The Kier molecular flexibility index (Phi) is 7.21. The molecule has 0 fully saturated rings. The summed E-state index contributed by atoms with van der Waals surface area (Å²) in [5.41, 5.74) is 0.672. The van der Waals surface area contributed by atoms with Crippen LogP contribution in [0, 0.1) is 0 Å². The maximum Gasteiger partial charge on any atom is 0.422 e. The maximum absolute atomic E-state index is 12.3. The van der Waals surface area contributed by atoms with E-state index in [4.69, 9.17) is 9.47 Å². The Hall–Kier alpha value is -3.17. The predicted molar refractivity (Wildman–Crippen MR) is 105 cm³/mol. The van der Waals surface area contributed by atoms with Crippen molar-refractivity contribution in [1.82, 2.24) is 15.6 Å². The number of nitrogens with one attached hydrogen (secondary N) is 2. The first-order valence-corrected chi connectivity index (χ1v) is 9.48. The number of aliphatic imine (C=N–C) groups is 1. The van der Waals surface area contributed by atoms with Crippen molar-refractivity contribution in [2.75, 3.05) is 26.3 Å². The number of hydrogen-bond donors (Lipinski definition) is 2. The molecule has 162 valence electrons. The van der Waals surface area contributed by atoms with Gasteiger partial charge in [0.05, 0.1) is 13.1 Å². The van der Waals surface area contributed by atoms with Gasteiger partial charge in [0.15, 0.2) is 24.1 Å². The number of pyridine rings is 1. The van der Waals surface area contributed by atoms with Crippen LogP contribution in [0.2, 0.25) is 0 Å². The fourth-order valence-corrected chi connectivity index (χ4v) is 2.67. The van der Waals surface area contributed by atoms with Crippen LogP contribution in [-0.4, -0.2) is 49.5 Å². The minimum absolute atomic E-state index is 0.0931. The van der Waals surface area contributed by atoms with Crippen LogP contribution in [0.15, 0.2) is 47.6 Å². The molecule has 0 saturated carbocycles. The average molecular weight is 424 g/mol. The molecular weight excluding hydrogens is 401 g/mol. The van der Waals surface area contributed by atoms with Gasteiger partial charge in [-0.15, -0.1) is 0 Å². The van der Waals surface area contributed by atoms with E-state index in [0.717, 1.165) is 5.75 Å². The van der Waals surface area contributed by atoms with Crippen LogP contribution < -0.4 is 24.8 Å². The number of nitrogens with zero attached hydrogens (tertiary/aromatic N) is 2. The molecule has 1 aliphatic heterocycles. The largest absolute Gasteiger partial charge is 0.486 e. The smallest absolute Gasteiger partial charge is 0.422 e. The van der Waals surface area contributed by atoms with E-state index in [1.165, 1.54) is 12.3 Å². The number of benzene rings is 1. The lowest BCUT2D eigenvalue weighted by Gasteiger charge is -2.27. The quantitative estimate of drug-likeness (QED) is 0.526. The van der Waals surface area contributed by atoms with Crippen LogP contribution in [0.4, 0.5) is 13.2 Å². The summed E-state index contributed by atoms with van der Waals surface area (Å²) in [4.78, 5) is 8.24. The first kappa shape index (κ1) is 21.5. The summed E-state index contributed by atoms with van der Waals surface area (Å²) in [7, 11) is 0. The van der Waals surface area contributed by atoms with E-state index in [1.807, 2.05) is 31.2 Å². The highest BCUT2D eigenvalue weighted by molar-refractivity contribution is 5.79.